The van der Waals surface area contributed by atoms with Crippen LogP contribution in [0.5, 0.6) is 11.5 Å². The molecule has 0 atom stereocenters. The van der Waals surface area contributed by atoms with Gasteiger partial charge in [-0.15, -0.1) is 0 Å². The molecule has 0 radical (unpaired) electrons. The van der Waals surface area contributed by atoms with Crippen molar-refractivity contribution in [2.75, 3.05) is 13.7 Å². The van der Waals surface area contributed by atoms with Gasteiger partial charge < -0.3 is 9.47 Å². The Balaban J connectivity index is 2.65. The zero-order valence-electron chi connectivity index (χ0n) is 9.17. The summed E-state index contributed by atoms with van der Waals surface area (Å²) >= 11 is 0. The molecule has 0 fully saturated rings. The van der Waals surface area contributed by atoms with E-state index in [1.54, 1.807) is 7.11 Å². The number of benzene rings is 1. The lowest BCUT2D eigenvalue weighted by atomic mass is 9.96. The molecule has 0 aliphatic rings. The molecular formula is C11H17BO2. The number of hydrogen-bond acceptors (Lipinski definition) is 2. The van der Waals surface area contributed by atoms with Gasteiger partial charge in [-0.05, 0) is 18.6 Å². The predicted octanol–water partition coefficient (Wildman–Crippen LogP) is 1.13. The fourth-order valence-electron chi connectivity index (χ4n) is 1.22. The lowest BCUT2D eigenvalue weighted by molar-refractivity contribution is 0.288. The van der Waals surface area contributed by atoms with Gasteiger partial charge in [-0.1, -0.05) is 24.9 Å². The molecule has 0 spiro atoms. The average Bonchev–Trinajstić information content (AvgIpc) is 2.20. The SMILES string of the molecule is Bc1ccc(OCCCC)c(OC)c1. The molecule has 0 heterocycles. The van der Waals surface area contributed by atoms with Crippen molar-refractivity contribution in [1.29, 1.82) is 0 Å². The summed E-state index contributed by atoms with van der Waals surface area (Å²) in [4.78, 5) is 0. The van der Waals surface area contributed by atoms with Crippen LogP contribution in [0.2, 0.25) is 0 Å². The summed E-state index contributed by atoms with van der Waals surface area (Å²) < 4.78 is 10.8. The molecule has 1 aromatic rings. The highest BCUT2D eigenvalue weighted by molar-refractivity contribution is 6.32. The van der Waals surface area contributed by atoms with E-state index in [1.807, 2.05) is 26.0 Å². The smallest absolute Gasteiger partial charge is 0.161 e. The molecule has 0 unspecified atom stereocenters. The molecule has 76 valence electrons. The molecule has 1 rings (SSSR count). The second-order valence-electron chi connectivity index (χ2n) is 3.36. The molecule has 14 heavy (non-hydrogen) atoms. The maximum absolute atomic E-state index is 5.60. The quantitative estimate of drug-likeness (QED) is 0.514. The van der Waals surface area contributed by atoms with Crippen molar-refractivity contribution in [2.24, 2.45) is 0 Å². The van der Waals surface area contributed by atoms with Gasteiger partial charge in [0.1, 0.15) is 7.85 Å². The number of hydrogen-bond donors (Lipinski definition) is 0. The molecule has 3 heteroatoms. The van der Waals surface area contributed by atoms with E-state index in [9.17, 15) is 0 Å². The van der Waals surface area contributed by atoms with Crippen molar-refractivity contribution >= 4 is 13.3 Å². The van der Waals surface area contributed by atoms with Gasteiger partial charge in [0, 0.05) is 0 Å². The van der Waals surface area contributed by atoms with Crippen molar-refractivity contribution in [2.45, 2.75) is 19.8 Å². The zero-order chi connectivity index (χ0) is 10.4. The number of ether oxygens (including phenoxy) is 2. The monoisotopic (exact) mass is 192 g/mol. The van der Waals surface area contributed by atoms with Crippen LogP contribution in [0.15, 0.2) is 18.2 Å². The van der Waals surface area contributed by atoms with Crippen molar-refractivity contribution in [3.63, 3.8) is 0 Å². The molecule has 0 saturated heterocycles. The van der Waals surface area contributed by atoms with E-state index < -0.39 is 0 Å². The van der Waals surface area contributed by atoms with E-state index in [0.29, 0.717) is 0 Å². The van der Waals surface area contributed by atoms with E-state index in [2.05, 4.69) is 6.92 Å². The molecule has 0 aliphatic carbocycles. The maximum Gasteiger partial charge on any atom is 0.161 e. The minimum atomic E-state index is 0.760. The fraction of sp³-hybridized carbons (Fsp3) is 0.455. The first-order valence-corrected chi connectivity index (χ1v) is 5.05. The summed E-state index contributed by atoms with van der Waals surface area (Å²) in [5.74, 6) is 1.66. The molecular weight excluding hydrogens is 175 g/mol. The van der Waals surface area contributed by atoms with Crippen LogP contribution in [0.3, 0.4) is 0 Å². The Morgan fingerprint density at radius 2 is 2.07 bits per heavy atom. The average molecular weight is 192 g/mol. The second-order valence-corrected chi connectivity index (χ2v) is 3.36. The van der Waals surface area contributed by atoms with Crippen LogP contribution in [-0.4, -0.2) is 21.6 Å². The van der Waals surface area contributed by atoms with E-state index >= 15 is 0 Å². The van der Waals surface area contributed by atoms with E-state index in [0.717, 1.165) is 30.9 Å². The molecule has 0 saturated carbocycles. The summed E-state index contributed by atoms with van der Waals surface area (Å²) in [5, 5.41) is 0. The summed E-state index contributed by atoms with van der Waals surface area (Å²) in [7, 11) is 3.71. The molecule has 0 amide bonds. The third-order valence-corrected chi connectivity index (χ3v) is 2.07. The van der Waals surface area contributed by atoms with Crippen molar-refractivity contribution in [3.8, 4) is 11.5 Å². The van der Waals surface area contributed by atoms with Crippen LogP contribution in [0.25, 0.3) is 0 Å². The molecule has 0 N–H and O–H groups in total. The van der Waals surface area contributed by atoms with E-state index in [4.69, 9.17) is 9.47 Å². The van der Waals surface area contributed by atoms with Gasteiger partial charge in [-0.25, -0.2) is 0 Å². The second kappa shape index (κ2) is 5.58. The Bertz CT molecular complexity index is 287. The van der Waals surface area contributed by atoms with Gasteiger partial charge in [0.15, 0.2) is 11.5 Å². The topological polar surface area (TPSA) is 18.5 Å². The minimum absolute atomic E-state index is 0.760. The van der Waals surface area contributed by atoms with Crippen LogP contribution in [-0.2, 0) is 0 Å². The Morgan fingerprint density at radius 1 is 1.29 bits per heavy atom. The highest BCUT2D eigenvalue weighted by Gasteiger charge is 2.02. The van der Waals surface area contributed by atoms with Gasteiger partial charge in [0.2, 0.25) is 0 Å². The van der Waals surface area contributed by atoms with Crippen molar-refractivity contribution in [1.82, 2.24) is 0 Å². The first-order valence-electron chi connectivity index (χ1n) is 5.05. The lowest BCUT2D eigenvalue weighted by Gasteiger charge is -2.10. The Morgan fingerprint density at radius 3 is 2.71 bits per heavy atom. The Kier molecular flexibility index (Phi) is 4.37. The molecule has 1 aromatic carbocycles. The summed E-state index contributed by atoms with van der Waals surface area (Å²) in [6.07, 6.45) is 2.23. The highest BCUT2D eigenvalue weighted by Crippen LogP contribution is 2.24. The summed E-state index contributed by atoms with van der Waals surface area (Å²) in [5.41, 5.74) is 1.18. The fourth-order valence-corrected chi connectivity index (χ4v) is 1.22. The van der Waals surface area contributed by atoms with E-state index in [-0.39, 0.29) is 0 Å². The molecule has 2 nitrogen and oxygen atoms in total. The standard InChI is InChI=1S/C11H17BO2/c1-3-4-7-14-10-6-5-9(12)8-11(10)13-2/h5-6,8H,3-4,7,12H2,1-2H3. The van der Waals surface area contributed by atoms with Crippen LogP contribution in [0.4, 0.5) is 0 Å². The third kappa shape index (κ3) is 2.98. The van der Waals surface area contributed by atoms with Crippen LogP contribution >= 0.6 is 0 Å². The van der Waals surface area contributed by atoms with Gasteiger partial charge in [-0.3, -0.25) is 0 Å². The first-order chi connectivity index (χ1) is 6.77. The number of unbranched alkanes of at least 4 members (excludes halogenated alkanes) is 1. The lowest BCUT2D eigenvalue weighted by Crippen LogP contribution is -2.05. The first kappa shape index (κ1) is 11.0. The van der Waals surface area contributed by atoms with Crippen molar-refractivity contribution in [3.05, 3.63) is 18.2 Å². The Labute approximate surface area is 86.6 Å². The van der Waals surface area contributed by atoms with E-state index in [1.165, 1.54) is 5.46 Å². The number of methoxy groups -OCH3 is 1. The predicted molar refractivity (Wildman–Crippen MR) is 61.6 cm³/mol. The van der Waals surface area contributed by atoms with Crippen LogP contribution in [0, 0.1) is 0 Å². The largest absolute Gasteiger partial charge is 0.493 e. The van der Waals surface area contributed by atoms with Gasteiger partial charge >= 0.3 is 0 Å². The summed E-state index contributed by atoms with van der Waals surface area (Å²) in [6.45, 7) is 2.91. The van der Waals surface area contributed by atoms with Crippen LogP contribution in [0.1, 0.15) is 19.8 Å². The van der Waals surface area contributed by atoms with Crippen LogP contribution < -0.4 is 14.9 Å². The summed E-state index contributed by atoms with van der Waals surface area (Å²) in [6, 6.07) is 5.98. The van der Waals surface area contributed by atoms with Gasteiger partial charge in [0.25, 0.3) is 0 Å². The normalized spacial score (nSPS) is 9.86. The van der Waals surface area contributed by atoms with Gasteiger partial charge in [-0.2, -0.15) is 0 Å². The molecule has 0 aliphatic heterocycles. The highest BCUT2D eigenvalue weighted by atomic mass is 16.5. The van der Waals surface area contributed by atoms with Crippen molar-refractivity contribution < 1.29 is 9.47 Å². The zero-order valence-corrected chi connectivity index (χ0v) is 9.17. The minimum Gasteiger partial charge on any atom is -0.493 e. The number of rotatable bonds is 5. The molecule has 0 aromatic heterocycles. The molecule has 0 bridgehead atoms. The third-order valence-electron chi connectivity index (χ3n) is 2.07. The van der Waals surface area contributed by atoms with Gasteiger partial charge in [0.05, 0.1) is 13.7 Å². The Hall–Kier alpha value is -1.12. The maximum atomic E-state index is 5.60.